The number of benzene rings is 1. The van der Waals surface area contributed by atoms with Crippen molar-refractivity contribution in [3.8, 4) is 0 Å². The number of morpholine rings is 1. The summed E-state index contributed by atoms with van der Waals surface area (Å²) in [5.41, 5.74) is 1.05. The van der Waals surface area contributed by atoms with Crippen LogP contribution in [-0.2, 0) is 16.0 Å². The Bertz CT molecular complexity index is 789. The maximum atomic E-state index is 13.0. The van der Waals surface area contributed by atoms with Gasteiger partial charge in [0.1, 0.15) is 17.6 Å². The van der Waals surface area contributed by atoms with Crippen molar-refractivity contribution >= 4 is 12.0 Å². The molecule has 2 unspecified atom stereocenters. The lowest BCUT2D eigenvalue weighted by molar-refractivity contribution is -0.137. The number of carbonyl (C=O) groups excluding carboxylic acids is 1. The van der Waals surface area contributed by atoms with Crippen molar-refractivity contribution in [2.45, 2.75) is 38.3 Å². The predicted molar refractivity (Wildman–Crippen MR) is 103 cm³/mol. The van der Waals surface area contributed by atoms with Crippen LogP contribution in [0.5, 0.6) is 0 Å². The molecule has 0 saturated carbocycles. The van der Waals surface area contributed by atoms with E-state index in [4.69, 9.17) is 14.3 Å². The van der Waals surface area contributed by atoms with Gasteiger partial charge in [0.05, 0.1) is 13.2 Å². The zero-order valence-corrected chi connectivity index (χ0v) is 16.0. The summed E-state index contributed by atoms with van der Waals surface area (Å²) in [7, 11) is 0. The Morgan fingerprint density at radius 1 is 1.25 bits per heavy atom. The van der Waals surface area contributed by atoms with Gasteiger partial charge in [-0.3, -0.25) is 4.79 Å². The highest BCUT2D eigenvalue weighted by atomic mass is 16.5. The molecule has 0 bridgehead atoms. The van der Waals surface area contributed by atoms with Crippen LogP contribution in [0.3, 0.4) is 0 Å². The van der Waals surface area contributed by atoms with Gasteiger partial charge in [0, 0.05) is 19.0 Å². The molecule has 1 aliphatic rings. The van der Waals surface area contributed by atoms with Crippen LogP contribution in [-0.4, -0.2) is 47.8 Å². The second kappa shape index (κ2) is 9.41. The summed E-state index contributed by atoms with van der Waals surface area (Å²) >= 11 is 0. The number of carbonyl (C=O) groups is 2. The summed E-state index contributed by atoms with van der Waals surface area (Å²) in [6.07, 6.45) is 0.946. The minimum atomic E-state index is -0.873. The molecule has 2 amide bonds. The first kappa shape index (κ1) is 19.9. The molecule has 2 heterocycles. The lowest BCUT2D eigenvalue weighted by Crippen LogP contribution is -2.51. The van der Waals surface area contributed by atoms with Crippen molar-refractivity contribution < 1.29 is 23.8 Å². The van der Waals surface area contributed by atoms with Crippen LogP contribution in [0, 0.1) is 6.92 Å². The number of hydrogen-bond acceptors (Lipinski definition) is 4. The molecule has 0 aliphatic carbocycles. The van der Waals surface area contributed by atoms with Gasteiger partial charge < -0.3 is 24.5 Å². The number of rotatable bonds is 7. The SMILES string of the molecule is Cc1ccc(C2COCCN2C(=O)NC(CCC(=O)O)Cc2ccccc2)o1. The normalized spacial score (nSPS) is 17.9. The van der Waals surface area contributed by atoms with Gasteiger partial charge in [-0.15, -0.1) is 0 Å². The van der Waals surface area contributed by atoms with Crippen molar-refractivity contribution in [3.63, 3.8) is 0 Å². The number of furan rings is 1. The van der Waals surface area contributed by atoms with E-state index in [9.17, 15) is 9.59 Å². The average molecular weight is 386 g/mol. The van der Waals surface area contributed by atoms with E-state index in [-0.39, 0.29) is 24.5 Å². The molecule has 2 aromatic rings. The Labute approximate surface area is 164 Å². The molecule has 1 saturated heterocycles. The third-order valence-corrected chi connectivity index (χ3v) is 4.84. The lowest BCUT2D eigenvalue weighted by atomic mass is 10.0. The van der Waals surface area contributed by atoms with Crippen LogP contribution in [0.25, 0.3) is 0 Å². The predicted octanol–water partition coefficient (Wildman–Crippen LogP) is 3.15. The average Bonchev–Trinajstić information content (AvgIpc) is 3.13. The van der Waals surface area contributed by atoms with Crippen LogP contribution < -0.4 is 5.32 Å². The number of ether oxygens (including phenoxy) is 1. The summed E-state index contributed by atoms with van der Waals surface area (Å²) in [6.45, 7) is 3.15. The Balaban J connectivity index is 1.70. The highest BCUT2D eigenvalue weighted by Crippen LogP contribution is 2.26. The maximum Gasteiger partial charge on any atom is 0.318 e. The molecule has 1 fully saturated rings. The lowest BCUT2D eigenvalue weighted by Gasteiger charge is -2.35. The number of urea groups is 1. The molecular weight excluding hydrogens is 360 g/mol. The van der Waals surface area contributed by atoms with Gasteiger partial charge in [-0.25, -0.2) is 4.79 Å². The number of nitrogens with one attached hydrogen (secondary N) is 1. The largest absolute Gasteiger partial charge is 0.481 e. The van der Waals surface area contributed by atoms with E-state index >= 15 is 0 Å². The van der Waals surface area contributed by atoms with E-state index < -0.39 is 5.97 Å². The molecule has 1 aromatic heterocycles. The zero-order valence-electron chi connectivity index (χ0n) is 16.0. The molecule has 1 aromatic carbocycles. The number of nitrogens with zero attached hydrogens (tertiary/aromatic N) is 1. The van der Waals surface area contributed by atoms with E-state index in [1.165, 1.54) is 0 Å². The van der Waals surface area contributed by atoms with E-state index in [1.54, 1.807) is 4.90 Å². The minimum absolute atomic E-state index is 0.00169. The second-order valence-electron chi connectivity index (χ2n) is 7.00. The number of carboxylic acid groups (broad SMARTS) is 1. The number of aryl methyl sites for hydroxylation is 1. The van der Waals surface area contributed by atoms with Crippen molar-refractivity contribution in [2.75, 3.05) is 19.8 Å². The van der Waals surface area contributed by atoms with Gasteiger partial charge in [0.25, 0.3) is 0 Å². The Morgan fingerprint density at radius 3 is 2.71 bits per heavy atom. The van der Waals surface area contributed by atoms with Gasteiger partial charge in [-0.1, -0.05) is 30.3 Å². The molecular formula is C21H26N2O5. The van der Waals surface area contributed by atoms with Gasteiger partial charge in [0.2, 0.25) is 0 Å². The first-order valence-corrected chi connectivity index (χ1v) is 9.50. The van der Waals surface area contributed by atoms with E-state index in [2.05, 4.69) is 5.32 Å². The molecule has 0 spiro atoms. The minimum Gasteiger partial charge on any atom is -0.481 e. The van der Waals surface area contributed by atoms with E-state index in [0.29, 0.717) is 38.4 Å². The Kier molecular flexibility index (Phi) is 6.71. The molecule has 0 radical (unpaired) electrons. The molecule has 3 rings (SSSR count). The van der Waals surface area contributed by atoms with Gasteiger partial charge in [-0.05, 0) is 37.5 Å². The van der Waals surface area contributed by atoms with Crippen molar-refractivity contribution in [2.24, 2.45) is 0 Å². The molecule has 7 heteroatoms. The highest BCUT2D eigenvalue weighted by molar-refractivity contribution is 5.75. The van der Waals surface area contributed by atoms with Crippen molar-refractivity contribution in [1.29, 1.82) is 0 Å². The topological polar surface area (TPSA) is 92.0 Å². The van der Waals surface area contributed by atoms with Crippen LogP contribution in [0.2, 0.25) is 0 Å². The summed E-state index contributed by atoms with van der Waals surface area (Å²) in [5, 5.41) is 12.1. The first-order chi connectivity index (χ1) is 13.5. The van der Waals surface area contributed by atoms with Crippen LogP contribution in [0.15, 0.2) is 46.9 Å². The fraction of sp³-hybridized carbons (Fsp3) is 0.429. The van der Waals surface area contributed by atoms with Crippen molar-refractivity contribution in [3.05, 3.63) is 59.5 Å². The van der Waals surface area contributed by atoms with Gasteiger partial charge >= 0.3 is 12.0 Å². The number of aliphatic carboxylic acids is 1. The Hall–Kier alpha value is -2.80. The number of hydrogen-bond donors (Lipinski definition) is 2. The molecule has 7 nitrogen and oxygen atoms in total. The summed E-state index contributed by atoms with van der Waals surface area (Å²) in [5.74, 6) is 0.601. The van der Waals surface area contributed by atoms with Crippen LogP contribution >= 0.6 is 0 Å². The third kappa shape index (κ3) is 5.36. The standard InChI is InChI=1S/C21H26N2O5/c1-15-7-9-19(28-15)18-14-27-12-11-23(18)21(26)22-17(8-10-20(24)25)13-16-5-3-2-4-6-16/h2-7,9,17-18H,8,10-14H2,1H3,(H,22,26)(H,24,25). The fourth-order valence-corrected chi connectivity index (χ4v) is 3.39. The van der Waals surface area contributed by atoms with Gasteiger partial charge in [0.15, 0.2) is 0 Å². The third-order valence-electron chi connectivity index (χ3n) is 4.84. The zero-order chi connectivity index (χ0) is 19.9. The number of carboxylic acids is 1. The summed E-state index contributed by atoms with van der Waals surface area (Å²) in [4.78, 5) is 25.7. The molecule has 1 aliphatic heterocycles. The van der Waals surface area contributed by atoms with Crippen LogP contribution in [0.1, 0.15) is 36.0 Å². The molecule has 2 N–H and O–H groups in total. The first-order valence-electron chi connectivity index (χ1n) is 9.50. The fourth-order valence-electron chi connectivity index (χ4n) is 3.39. The maximum absolute atomic E-state index is 13.0. The second-order valence-corrected chi connectivity index (χ2v) is 7.00. The van der Waals surface area contributed by atoms with E-state index in [0.717, 1.165) is 11.3 Å². The van der Waals surface area contributed by atoms with Crippen LogP contribution in [0.4, 0.5) is 4.79 Å². The Morgan fingerprint density at radius 2 is 2.04 bits per heavy atom. The van der Waals surface area contributed by atoms with Crippen molar-refractivity contribution in [1.82, 2.24) is 10.2 Å². The monoisotopic (exact) mass is 386 g/mol. The summed E-state index contributed by atoms with van der Waals surface area (Å²) < 4.78 is 11.2. The smallest absolute Gasteiger partial charge is 0.318 e. The molecule has 28 heavy (non-hydrogen) atoms. The highest BCUT2D eigenvalue weighted by Gasteiger charge is 2.32. The van der Waals surface area contributed by atoms with E-state index in [1.807, 2.05) is 49.4 Å². The number of amides is 2. The molecule has 150 valence electrons. The molecule has 2 atom stereocenters. The van der Waals surface area contributed by atoms with Gasteiger partial charge in [-0.2, -0.15) is 0 Å². The quantitative estimate of drug-likeness (QED) is 0.763. The summed E-state index contributed by atoms with van der Waals surface area (Å²) in [6, 6.07) is 12.7.